The molecule has 0 saturated carbocycles. The highest BCUT2D eigenvalue weighted by Gasteiger charge is 2.38. The first-order valence-electron chi connectivity index (χ1n) is 12.5. The van der Waals surface area contributed by atoms with E-state index in [1.807, 2.05) is 24.0 Å². The van der Waals surface area contributed by atoms with Gasteiger partial charge in [-0.3, -0.25) is 19.2 Å². The SMILES string of the molecule is C[C@@H]1C(=O)N2CCCc3cc(NC(=O)C(=O)NCC4CCN(C(=O)/C=C/c5ccco5)CC4)cc1c32. The third kappa shape index (κ3) is 4.78. The number of nitrogens with zero attached hydrogens (tertiary/aromatic N) is 2. The van der Waals surface area contributed by atoms with E-state index >= 15 is 0 Å². The molecule has 0 unspecified atom stereocenters. The fourth-order valence-electron chi connectivity index (χ4n) is 5.28. The van der Waals surface area contributed by atoms with E-state index in [4.69, 9.17) is 4.42 Å². The van der Waals surface area contributed by atoms with Crippen molar-refractivity contribution in [2.45, 2.75) is 38.5 Å². The van der Waals surface area contributed by atoms with Crippen molar-refractivity contribution in [2.24, 2.45) is 5.92 Å². The molecule has 9 heteroatoms. The molecule has 4 heterocycles. The highest BCUT2D eigenvalue weighted by molar-refractivity contribution is 6.39. The minimum Gasteiger partial charge on any atom is -0.465 e. The zero-order chi connectivity index (χ0) is 25.2. The summed E-state index contributed by atoms with van der Waals surface area (Å²) < 4.78 is 5.20. The first kappa shape index (κ1) is 23.8. The van der Waals surface area contributed by atoms with Crippen LogP contribution >= 0.6 is 0 Å². The van der Waals surface area contributed by atoms with E-state index in [2.05, 4.69) is 10.6 Å². The molecule has 3 aliphatic rings. The molecular weight excluding hydrogens is 460 g/mol. The number of piperidine rings is 1. The van der Waals surface area contributed by atoms with Crippen LogP contribution in [0.15, 0.2) is 41.0 Å². The molecule has 188 valence electrons. The molecule has 3 aliphatic heterocycles. The van der Waals surface area contributed by atoms with Gasteiger partial charge in [0.25, 0.3) is 0 Å². The molecule has 5 rings (SSSR count). The summed E-state index contributed by atoms with van der Waals surface area (Å²) in [5.74, 6) is -0.807. The lowest BCUT2D eigenvalue weighted by Gasteiger charge is -2.31. The van der Waals surface area contributed by atoms with Gasteiger partial charge in [-0.15, -0.1) is 0 Å². The molecule has 1 aromatic heterocycles. The van der Waals surface area contributed by atoms with Crippen LogP contribution in [0.5, 0.6) is 0 Å². The zero-order valence-corrected chi connectivity index (χ0v) is 20.3. The van der Waals surface area contributed by atoms with Crippen LogP contribution < -0.4 is 15.5 Å². The number of carbonyl (C=O) groups is 4. The number of hydrogen-bond donors (Lipinski definition) is 2. The largest absolute Gasteiger partial charge is 0.465 e. The Balaban J connectivity index is 1.10. The molecule has 1 fully saturated rings. The minimum absolute atomic E-state index is 0.0687. The van der Waals surface area contributed by atoms with E-state index in [-0.39, 0.29) is 23.7 Å². The summed E-state index contributed by atoms with van der Waals surface area (Å²) in [5.41, 5.74) is 3.46. The van der Waals surface area contributed by atoms with Gasteiger partial charge in [-0.05, 0) is 80.0 Å². The number of furan rings is 1. The van der Waals surface area contributed by atoms with Crippen molar-refractivity contribution in [3.63, 3.8) is 0 Å². The lowest BCUT2D eigenvalue weighted by atomic mass is 9.96. The quantitative estimate of drug-likeness (QED) is 0.494. The normalized spacial score (nSPS) is 19.5. The molecule has 2 aromatic rings. The Kier molecular flexibility index (Phi) is 6.63. The number of aryl methyl sites for hydroxylation is 1. The van der Waals surface area contributed by atoms with Gasteiger partial charge in [0.1, 0.15) is 5.76 Å². The van der Waals surface area contributed by atoms with Gasteiger partial charge in [-0.2, -0.15) is 0 Å². The van der Waals surface area contributed by atoms with E-state index in [0.29, 0.717) is 31.1 Å². The van der Waals surface area contributed by atoms with Gasteiger partial charge < -0.3 is 24.9 Å². The second-order valence-corrected chi connectivity index (χ2v) is 9.67. The fraction of sp³-hybridized carbons (Fsp3) is 0.407. The molecular formula is C27H30N4O5. The third-order valence-electron chi connectivity index (χ3n) is 7.29. The number of benzene rings is 1. The van der Waals surface area contributed by atoms with Crippen molar-refractivity contribution < 1.29 is 23.6 Å². The third-order valence-corrected chi connectivity index (χ3v) is 7.29. The number of rotatable bonds is 5. The van der Waals surface area contributed by atoms with E-state index < -0.39 is 11.8 Å². The molecule has 1 atom stereocenters. The van der Waals surface area contributed by atoms with Gasteiger partial charge in [0, 0.05) is 37.9 Å². The average molecular weight is 491 g/mol. The van der Waals surface area contributed by atoms with Crippen LogP contribution in [-0.2, 0) is 25.6 Å². The van der Waals surface area contributed by atoms with Crippen LogP contribution in [0.3, 0.4) is 0 Å². The Morgan fingerprint density at radius 1 is 1.14 bits per heavy atom. The van der Waals surface area contributed by atoms with Crippen molar-refractivity contribution in [3.8, 4) is 0 Å². The van der Waals surface area contributed by atoms with Crippen molar-refractivity contribution >= 4 is 41.1 Å². The van der Waals surface area contributed by atoms with Crippen LogP contribution in [0.1, 0.15) is 49.0 Å². The van der Waals surface area contributed by atoms with Crippen molar-refractivity contribution in [2.75, 3.05) is 36.4 Å². The maximum Gasteiger partial charge on any atom is 0.313 e. The summed E-state index contributed by atoms with van der Waals surface area (Å²) in [5, 5.41) is 5.44. The maximum absolute atomic E-state index is 12.6. The lowest BCUT2D eigenvalue weighted by Crippen LogP contribution is -2.43. The van der Waals surface area contributed by atoms with Crippen LogP contribution in [0.2, 0.25) is 0 Å². The molecule has 1 saturated heterocycles. The Bertz CT molecular complexity index is 1210. The second-order valence-electron chi connectivity index (χ2n) is 9.67. The molecule has 2 N–H and O–H groups in total. The molecule has 0 aliphatic carbocycles. The Morgan fingerprint density at radius 2 is 1.94 bits per heavy atom. The monoisotopic (exact) mass is 490 g/mol. The highest BCUT2D eigenvalue weighted by Crippen LogP contribution is 2.44. The topological polar surface area (TPSA) is 112 Å². The lowest BCUT2D eigenvalue weighted by molar-refractivity contribution is -0.136. The van der Waals surface area contributed by atoms with E-state index in [1.54, 1.807) is 29.4 Å². The van der Waals surface area contributed by atoms with Gasteiger partial charge >= 0.3 is 11.8 Å². The van der Waals surface area contributed by atoms with Crippen LogP contribution in [0.4, 0.5) is 11.4 Å². The summed E-state index contributed by atoms with van der Waals surface area (Å²) in [6, 6.07) is 7.23. The average Bonchev–Trinajstić information content (AvgIpc) is 3.50. The summed E-state index contributed by atoms with van der Waals surface area (Å²) >= 11 is 0. The van der Waals surface area contributed by atoms with E-state index in [9.17, 15) is 19.2 Å². The number of anilines is 2. The molecule has 36 heavy (non-hydrogen) atoms. The van der Waals surface area contributed by atoms with Gasteiger partial charge in [-0.25, -0.2) is 0 Å². The molecule has 9 nitrogen and oxygen atoms in total. The smallest absolute Gasteiger partial charge is 0.313 e. The number of carbonyl (C=O) groups excluding carboxylic acids is 4. The van der Waals surface area contributed by atoms with Crippen molar-refractivity contribution in [1.29, 1.82) is 0 Å². The van der Waals surface area contributed by atoms with Crippen LogP contribution in [0, 0.1) is 5.92 Å². The molecule has 1 aromatic carbocycles. The Hall–Kier alpha value is -3.88. The Labute approximate surface area is 209 Å². The van der Waals surface area contributed by atoms with Crippen LogP contribution in [-0.4, -0.2) is 54.7 Å². The summed E-state index contributed by atoms with van der Waals surface area (Å²) in [6.45, 7) is 4.18. The molecule has 4 amide bonds. The summed E-state index contributed by atoms with van der Waals surface area (Å²) in [7, 11) is 0. The first-order chi connectivity index (χ1) is 17.4. The van der Waals surface area contributed by atoms with Crippen LogP contribution in [0.25, 0.3) is 6.08 Å². The minimum atomic E-state index is -0.720. The molecule has 0 bridgehead atoms. The second kappa shape index (κ2) is 10.0. The summed E-state index contributed by atoms with van der Waals surface area (Å²) in [4.78, 5) is 53.5. The predicted octanol–water partition coefficient (Wildman–Crippen LogP) is 2.68. The van der Waals surface area contributed by atoms with Gasteiger partial charge in [0.15, 0.2) is 0 Å². The number of likely N-dealkylation sites (tertiary alicyclic amines) is 1. The van der Waals surface area contributed by atoms with Crippen molar-refractivity contribution in [1.82, 2.24) is 10.2 Å². The van der Waals surface area contributed by atoms with Gasteiger partial charge in [0.05, 0.1) is 17.9 Å². The first-order valence-corrected chi connectivity index (χ1v) is 12.5. The predicted molar refractivity (Wildman–Crippen MR) is 134 cm³/mol. The van der Waals surface area contributed by atoms with Gasteiger partial charge in [-0.1, -0.05) is 0 Å². The molecule has 0 spiro atoms. The molecule has 0 radical (unpaired) electrons. The number of amides is 4. The van der Waals surface area contributed by atoms with E-state index in [0.717, 1.165) is 49.0 Å². The standard InChI is InChI=1S/C27H30N4O5/c1-17-22-15-20(14-19-4-2-10-31(24(19)22)27(17)35)29-26(34)25(33)28-16-18-8-11-30(12-9-18)23(32)7-6-21-5-3-13-36-21/h3,5-7,13-15,17-18H,2,4,8-12,16H2,1H3,(H,28,33)(H,29,34)/b7-6+/t17-/m0/s1. The number of hydrogen-bond acceptors (Lipinski definition) is 5. The Morgan fingerprint density at radius 3 is 2.69 bits per heavy atom. The zero-order valence-electron chi connectivity index (χ0n) is 20.3. The van der Waals surface area contributed by atoms with Gasteiger partial charge in [0.2, 0.25) is 11.8 Å². The number of nitrogens with one attached hydrogen (secondary N) is 2. The van der Waals surface area contributed by atoms with Crippen molar-refractivity contribution in [3.05, 3.63) is 53.5 Å². The maximum atomic E-state index is 12.6. The highest BCUT2D eigenvalue weighted by atomic mass is 16.3. The fourth-order valence-corrected chi connectivity index (χ4v) is 5.28. The summed E-state index contributed by atoms with van der Waals surface area (Å²) in [6.07, 6.45) is 7.94. The van der Waals surface area contributed by atoms with E-state index in [1.165, 1.54) is 6.08 Å².